The van der Waals surface area contributed by atoms with Crippen LogP contribution in [-0.2, 0) is 0 Å². The number of amides is 2. The zero-order valence-electron chi connectivity index (χ0n) is 17.4. The maximum Gasteiger partial charge on any atom is 0.410 e. The van der Waals surface area contributed by atoms with Crippen molar-refractivity contribution in [2.75, 3.05) is 6.54 Å². The van der Waals surface area contributed by atoms with E-state index in [-0.39, 0.29) is 38.0 Å². The lowest BCUT2D eigenvalue weighted by Crippen LogP contribution is -2.40. The van der Waals surface area contributed by atoms with Crippen molar-refractivity contribution in [3.63, 3.8) is 0 Å². The molecule has 2 aromatic heterocycles. The molecular weight excluding hydrogens is 449 g/mol. The predicted octanol–water partition coefficient (Wildman–Crippen LogP) is 3.47. The minimum absolute atomic E-state index is 0.159. The third-order valence-corrected chi connectivity index (χ3v) is 6.35. The summed E-state index contributed by atoms with van der Waals surface area (Å²) in [5.74, 6) is -2.83. The molecule has 3 N–H and O–H groups in total. The van der Waals surface area contributed by atoms with Gasteiger partial charge in [-0.3, -0.25) is 0 Å². The number of urea groups is 1. The Bertz CT molecular complexity index is 1070. The lowest BCUT2D eigenvalue weighted by Gasteiger charge is -2.31. The zero-order chi connectivity index (χ0) is 24.0. The number of nitrogens with one attached hydrogen (secondary N) is 1. The average Bonchev–Trinajstić information content (AvgIpc) is 3.34. The summed E-state index contributed by atoms with van der Waals surface area (Å²) >= 11 is 0. The molecule has 2 aliphatic rings. The minimum atomic E-state index is -4.61. The molecule has 178 valence electrons. The van der Waals surface area contributed by atoms with Crippen LogP contribution in [0.5, 0.6) is 0 Å². The molecule has 2 amide bonds. The molecule has 2 fully saturated rings. The fraction of sp³-hybridized carbons (Fsp3) is 0.600. The Morgan fingerprint density at radius 2 is 2.03 bits per heavy atom. The number of fused-ring (bicyclic) bond motifs is 1. The highest BCUT2D eigenvalue weighted by atomic mass is 19.4. The summed E-state index contributed by atoms with van der Waals surface area (Å²) in [4.78, 5) is 17.6. The van der Waals surface area contributed by atoms with Crippen LogP contribution in [-0.4, -0.2) is 50.2 Å². The lowest BCUT2D eigenvalue weighted by molar-refractivity contribution is -0.150. The molecule has 2 aromatic rings. The van der Waals surface area contributed by atoms with Crippen LogP contribution in [0.4, 0.5) is 26.7 Å². The first-order valence-corrected chi connectivity index (χ1v) is 10.5. The monoisotopic (exact) mass is 471 g/mol. The second kappa shape index (κ2) is 8.40. The summed E-state index contributed by atoms with van der Waals surface area (Å²) in [6.45, 7) is -0.628. The molecule has 1 aliphatic carbocycles. The molecule has 0 spiro atoms. The molecule has 4 rings (SSSR count). The van der Waals surface area contributed by atoms with E-state index in [2.05, 4.69) is 10.1 Å². The van der Waals surface area contributed by atoms with Crippen LogP contribution in [0.2, 0.25) is 0 Å². The van der Waals surface area contributed by atoms with E-state index in [0.29, 0.717) is 16.9 Å². The molecular formula is C20H22F5N7O. The summed E-state index contributed by atoms with van der Waals surface area (Å²) in [5, 5.41) is 15.3. The van der Waals surface area contributed by atoms with Gasteiger partial charge in [0.1, 0.15) is 6.04 Å². The molecule has 33 heavy (non-hydrogen) atoms. The standard InChI is InChI=1S/C20H22F5N7O/c21-19(22)4-1-11(2-5-19)17(27)13-9-32-16(29-13)7-12(8-28-32)14(3-6-26)31-10-15(20(23,24)25)30-18(31)33/h7-9,11,14-15,17H,1-5,10,27H2,(H,30,33)/t14?,15-,17?/m0/s1. The molecule has 3 heterocycles. The van der Waals surface area contributed by atoms with Gasteiger partial charge in [0.15, 0.2) is 5.65 Å². The van der Waals surface area contributed by atoms with Gasteiger partial charge < -0.3 is 16.0 Å². The van der Waals surface area contributed by atoms with Crippen molar-refractivity contribution in [3.05, 3.63) is 29.7 Å². The fourth-order valence-electron chi connectivity index (χ4n) is 4.42. The third-order valence-electron chi connectivity index (χ3n) is 6.35. The van der Waals surface area contributed by atoms with E-state index >= 15 is 0 Å². The molecule has 8 nitrogen and oxygen atoms in total. The van der Waals surface area contributed by atoms with Gasteiger partial charge in [-0.2, -0.15) is 23.5 Å². The predicted molar refractivity (Wildman–Crippen MR) is 105 cm³/mol. The van der Waals surface area contributed by atoms with Crippen molar-refractivity contribution >= 4 is 11.7 Å². The number of hydrogen-bond donors (Lipinski definition) is 2. The second-order valence-electron chi connectivity index (χ2n) is 8.55. The number of carbonyl (C=O) groups excluding carboxylic acids is 1. The Labute approximate surface area is 185 Å². The molecule has 1 saturated heterocycles. The number of alkyl halides is 5. The zero-order valence-corrected chi connectivity index (χ0v) is 17.4. The molecule has 1 saturated carbocycles. The van der Waals surface area contributed by atoms with Gasteiger partial charge in [-0.15, -0.1) is 0 Å². The molecule has 3 atom stereocenters. The first kappa shape index (κ1) is 23.2. The Hall–Kier alpha value is -3.01. The highest BCUT2D eigenvalue weighted by Crippen LogP contribution is 2.40. The van der Waals surface area contributed by atoms with E-state index in [0.717, 1.165) is 4.90 Å². The van der Waals surface area contributed by atoms with Crippen molar-refractivity contribution in [2.24, 2.45) is 11.7 Å². The number of halogens is 5. The van der Waals surface area contributed by atoms with E-state index in [1.54, 1.807) is 6.20 Å². The SMILES string of the molecule is N#CCC(c1cnn2cc(C(N)C3CCC(F)(F)CC3)nc2c1)N1C[C@@H](C(F)(F)F)NC1=O. The minimum Gasteiger partial charge on any atom is -0.324 e. The Kier molecular flexibility index (Phi) is 5.90. The van der Waals surface area contributed by atoms with E-state index in [4.69, 9.17) is 5.73 Å². The Morgan fingerprint density at radius 3 is 2.64 bits per heavy atom. The number of carbonyl (C=O) groups is 1. The van der Waals surface area contributed by atoms with Crippen molar-refractivity contribution in [1.82, 2.24) is 24.8 Å². The highest BCUT2D eigenvalue weighted by molar-refractivity contribution is 5.77. The van der Waals surface area contributed by atoms with Gasteiger partial charge in [-0.25, -0.2) is 23.1 Å². The molecule has 0 bridgehead atoms. The van der Waals surface area contributed by atoms with Crippen LogP contribution in [0.25, 0.3) is 5.65 Å². The Balaban J connectivity index is 1.57. The number of imidazole rings is 1. The number of aromatic nitrogens is 3. The van der Waals surface area contributed by atoms with Crippen molar-refractivity contribution in [2.45, 2.75) is 62.3 Å². The normalized spacial score (nSPS) is 23.4. The summed E-state index contributed by atoms with van der Waals surface area (Å²) in [5.41, 5.74) is 7.42. The molecule has 0 aromatic carbocycles. The number of rotatable bonds is 5. The smallest absolute Gasteiger partial charge is 0.324 e. The van der Waals surface area contributed by atoms with Crippen LogP contribution < -0.4 is 11.1 Å². The highest BCUT2D eigenvalue weighted by Gasteiger charge is 2.48. The van der Waals surface area contributed by atoms with Crippen LogP contribution in [0, 0.1) is 17.2 Å². The van der Waals surface area contributed by atoms with Gasteiger partial charge >= 0.3 is 12.2 Å². The average molecular weight is 471 g/mol. The fourth-order valence-corrected chi connectivity index (χ4v) is 4.42. The van der Waals surface area contributed by atoms with Crippen molar-refractivity contribution in [1.29, 1.82) is 5.26 Å². The van der Waals surface area contributed by atoms with Crippen LogP contribution in [0.3, 0.4) is 0 Å². The first-order valence-electron chi connectivity index (χ1n) is 10.5. The molecule has 2 unspecified atom stereocenters. The maximum absolute atomic E-state index is 13.5. The lowest BCUT2D eigenvalue weighted by atomic mass is 9.81. The second-order valence-corrected chi connectivity index (χ2v) is 8.55. The summed E-state index contributed by atoms with van der Waals surface area (Å²) in [6, 6.07) is -1.03. The van der Waals surface area contributed by atoms with Crippen LogP contribution >= 0.6 is 0 Å². The number of nitriles is 1. The topological polar surface area (TPSA) is 112 Å². The van der Waals surface area contributed by atoms with E-state index in [9.17, 15) is 32.0 Å². The van der Waals surface area contributed by atoms with Gasteiger partial charge in [0.05, 0.1) is 49.2 Å². The first-order chi connectivity index (χ1) is 15.5. The third kappa shape index (κ3) is 4.71. The summed E-state index contributed by atoms with van der Waals surface area (Å²) in [7, 11) is 0. The maximum atomic E-state index is 13.5. The molecule has 1 aliphatic heterocycles. The van der Waals surface area contributed by atoms with E-state index in [1.807, 2.05) is 11.4 Å². The number of nitrogens with two attached hydrogens (primary N) is 1. The molecule has 0 radical (unpaired) electrons. The van der Waals surface area contributed by atoms with Crippen molar-refractivity contribution < 1.29 is 26.7 Å². The van der Waals surface area contributed by atoms with Gasteiger partial charge in [0.25, 0.3) is 0 Å². The summed E-state index contributed by atoms with van der Waals surface area (Å²) in [6.07, 6.45) is -1.81. The van der Waals surface area contributed by atoms with Crippen molar-refractivity contribution in [3.8, 4) is 6.07 Å². The quantitative estimate of drug-likeness (QED) is 0.649. The summed E-state index contributed by atoms with van der Waals surface area (Å²) < 4.78 is 67.5. The van der Waals surface area contributed by atoms with Crippen LogP contribution in [0.15, 0.2) is 18.5 Å². The van der Waals surface area contributed by atoms with Gasteiger partial charge in [0.2, 0.25) is 5.92 Å². The number of nitrogens with zero attached hydrogens (tertiary/aromatic N) is 5. The Morgan fingerprint density at radius 1 is 1.33 bits per heavy atom. The number of hydrogen-bond acceptors (Lipinski definition) is 5. The molecule has 13 heteroatoms. The van der Waals surface area contributed by atoms with E-state index in [1.165, 1.54) is 16.8 Å². The van der Waals surface area contributed by atoms with E-state index < -0.39 is 42.8 Å². The van der Waals surface area contributed by atoms with Crippen LogP contribution in [0.1, 0.15) is 55.4 Å². The van der Waals surface area contributed by atoms with Gasteiger partial charge in [-0.05, 0) is 30.4 Å². The van der Waals surface area contributed by atoms with Gasteiger partial charge in [0, 0.05) is 12.8 Å². The van der Waals surface area contributed by atoms with Gasteiger partial charge in [-0.1, -0.05) is 0 Å². The largest absolute Gasteiger partial charge is 0.410 e.